The first-order valence-electron chi connectivity index (χ1n) is 9.22. The number of halogens is 1. The Morgan fingerprint density at radius 2 is 2.08 bits per heavy atom. The fourth-order valence-corrected chi connectivity index (χ4v) is 4.37. The van der Waals surface area contributed by atoms with E-state index in [1.807, 2.05) is 12.1 Å². The molecule has 5 heteroatoms. The number of hydrogen-bond donors (Lipinski definition) is 2. The van der Waals surface area contributed by atoms with E-state index in [4.69, 9.17) is 22.1 Å². The van der Waals surface area contributed by atoms with Gasteiger partial charge in [0.1, 0.15) is 5.75 Å². The van der Waals surface area contributed by atoms with Crippen molar-refractivity contribution in [3.63, 3.8) is 0 Å². The molecule has 0 unspecified atom stereocenters. The monoisotopic (exact) mass is 362 g/mol. The molecule has 1 aliphatic carbocycles. The van der Waals surface area contributed by atoms with Crippen LogP contribution in [0.15, 0.2) is 29.2 Å². The molecular weight excluding hydrogens is 336 g/mol. The molecule has 0 radical (unpaired) electrons. The lowest BCUT2D eigenvalue weighted by atomic mass is 9.66. The summed E-state index contributed by atoms with van der Waals surface area (Å²) in [4.78, 5) is 14.5. The molecule has 1 aromatic carbocycles. The first-order valence-corrected chi connectivity index (χ1v) is 9.60. The summed E-state index contributed by atoms with van der Waals surface area (Å²) in [6.07, 6.45) is 8.10. The number of H-pyrrole nitrogens is 1. The van der Waals surface area contributed by atoms with Crippen LogP contribution in [0.25, 0.3) is 10.8 Å². The van der Waals surface area contributed by atoms with Crippen molar-refractivity contribution in [3.8, 4) is 5.75 Å². The van der Waals surface area contributed by atoms with Crippen LogP contribution in [0.1, 0.15) is 52.4 Å². The normalized spacial score (nSPS) is 25.0. The van der Waals surface area contributed by atoms with Crippen molar-refractivity contribution in [1.29, 1.82) is 0 Å². The Morgan fingerprint density at radius 1 is 1.36 bits per heavy atom. The molecule has 136 valence electrons. The van der Waals surface area contributed by atoms with Crippen LogP contribution in [0.2, 0.25) is 5.02 Å². The fraction of sp³-hybridized carbons (Fsp3) is 0.550. The third kappa shape index (κ3) is 3.56. The van der Waals surface area contributed by atoms with Gasteiger partial charge in [-0.05, 0) is 67.5 Å². The quantitative estimate of drug-likeness (QED) is 0.814. The summed E-state index contributed by atoms with van der Waals surface area (Å²) in [6, 6.07) is 5.68. The highest BCUT2D eigenvalue weighted by Gasteiger charge is 2.38. The van der Waals surface area contributed by atoms with E-state index in [9.17, 15) is 4.79 Å². The van der Waals surface area contributed by atoms with E-state index in [2.05, 4.69) is 18.8 Å². The minimum Gasteiger partial charge on any atom is -0.489 e. The maximum absolute atomic E-state index is 11.9. The van der Waals surface area contributed by atoms with Crippen molar-refractivity contribution in [2.24, 2.45) is 11.1 Å². The zero-order valence-corrected chi connectivity index (χ0v) is 15.7. The number of aromatic nitrogens is 1. The molecule has 1 aliphatic rings. The largest absolute Gasteiger partial charge is 0.489 e. The summed E-state index contributed by atoms with van der Waals surface area (Å²) in [5.41, 5.74) is 6.51. The molecule has 25 heavy (non-hydrogen) atoms. The molecule has 1 atom stereocenters. The summed E-state index contributed by atoms with van der Waals surface area (Å²) in [5, 5.41) is 1.92. The highest BCUT2D eigenvalue weighted by atomic mass is 35.5. The first kappa shape index (κ1) is 18.3. The fourth-order valence-electron chi connectivity index (χ4n) is 4.16. The van der Waals surface area contributed by atoms with Gasteiger partial charge in [-0.1, -0.05) is 25.4 Å². The predicted octanol–water partition coefficient (Wildman–Crippen LogP) is 4.64. The summed E-state index contributed by atoms with van der Waals surface area (Å²) in [7, 11) is 0. The Labute approximate surface area is 153 Å². The topological polar surface area (TPSA) is 68.1 Å². The lowest BCUT2D eigenvalue weighted by Gasteiger charge is -2.43. The van der Waals surface area contributed by atoms with Crippen molar-refractivity contribution in [2.45, 2.75) is 64.5 Å². The van der Waals surface area contributed by atoms with Gasteiger partial charge in [-0.15, -0.1) is 0 Å². The zero-order valence-electron chi connectivity index (χ0n) is 15.0. The number of aromatic amines is 1. The predicted molar refractivity (Wildman–Crippen MR) is 103 cm³/mol. The lowest BCUT2D eigenvalue weighted by Crippen LogP contribution is -2.45. The molecule has 0 spiro atoms. The van der Waals surface area contributed by atoms with Crippen molar-refractivity contribution in [2.75, 3.05) is 0 Å². The van der Waals surface area contributed by atoms with Crippen LogP contribution in [0.4, 0.5) is 0 Å². The standard InChI is InChI=1S/C20H27ClN2O2/c1-3-18(22)20(4-2)8-5-14(6-9-20)25-17-11-13-7-10-23-19(24)15(13)12-16(17)21/h7,10-12,14,18H,3-6,8-9,22H2,1-2H3,(H,23,24)/t14-,18-,20-/m1/s1. The summed E-state index contributed by atoms with van der Waals surface area (Å²) < 4.78 is 6.20. The number of hydrogen-bond acceptors (Lipinski definition) is 3. The maximum Gasteiger partial charge on any atom is 0.255 e. The van der Waals surface area contributed by atoms with Gasteiger partial charge >= 0.3 is 0 Å². The Balaban J connectivity index is 1.75. The highest BCUT2D eigenvalue weighted by Crippen LogP contribution is 2.43. The molecule has 4 nitrogen and oxygen atoms in total. The van der Waals surface area contributed by atoms with Gasteiger partial charge in [0.05, 0.1) is 11.1 Å². The summed E-state index contributed by atoms with van der Waals surface area (Å²) in [6.45, 7) is 4.41. The van der Waals surface area contributed by atoms with Gasteiger partial charge in [-0.3, -0.25) is 4.79 Å². The molecule has 0 aliphatic heterocycles. The van der Waals surface area contributed by atoms with Crippen LogP contribution in [-0.2, 0) is 0 Å². The number of nitrogens with one attached hydrogen (secondary N) is 1. The molecule has 1 aromatic heterocycles. The molecule has 0 amide bonds. The Hall–Kier alpha value is -1.52. The molecule has 1 heterocycles. The average molecular weight is 363 g/mol. The number of fused-ring (bicyclic) bond motifs is 1. The van der Waals surface area contributed by atoms with Crippen molar-refractivity contribution in [3.05, 3.63) is 39.8 Å². The van der Waals surface area contributed by atoms with Gasteiger partial charge in [0.25, 0.3) is 5.56 Å². The second-order valence-electron chi connectivity index (χ2n) is 7.22. The third-order valence-corrected chi connectivity index (χ3v) is 6.27. The maximum atomic E-state index is 11.9. The molecule has 0 saturated heterocycles. The number of rotatable bonds is 5. The Kier molecular flexibility index (Phi) is 5.40. The second kappa shape index (κ2) is 7.38. The van der Waals surface area contributed by atoms with Gasteiger partial charge in [0, 0.05) is 17.6 Å². The molecular formula is C20H27ClN2O2. The number of benzene rings is 1. The molecule has 1 fully saturated rings. The molecule has 1 saturated carbocycles. The smallest absolute Gasteiger partial charge is 0.255 e. The van der Waals surface area contributed by atoms with Gasteiger partial charge in [-0.25, -0.2) is 0 Å². The van der Waals surface area contributed by atoms with Gasteiger partial charge in [-0.2, -0.15) is 0 Å². The minimum atomic E-state index is -0.134. The van der Waals surface area contributed by atoms with Crippen LogP contribution >= 0.6 is 11.6 Å². The van der Waals surface area contributed by atoms with Crippen molar-refractivity contribution in [1.82, 2.24) is 4.98 Å². The number of nitrogens with two attached hydrogens (primary N) is 1. The van der Waals surface area contributed by atoms with E-state index >= 15 is 0 Å². The van der Waals surface area contributed by atoms with Crippen LogP contribution in [0.5, 0.6) is 5.75 Å². The van der Waals surface area contributed by atoms with Crippen LogP contribution < -0.4 is 16.0 Å². The third-order valence-electron chi connectivity index (χ3n) is 5.98. The van der Waals surface area contributed by atoms with Crippen molar-refractivity contribution >= 4 is 22.4 Å². The zero-order chi connectivity index (χ0) is 18.0. The summed E-state index contributed by atoms with van der Waals surface area (Å²) >= 11 is 6.35. The van der Waals surface area contributed by atoms with Gasteiger partial charge in [0.15, 0.2) is 0 Å². The van der Waals surface area contributed by atoms with E-state index in [0.717, 1.165) is 43.9 Å². The second-order valence-corrected chi connectivity index (χ2v) is 7.63. The average Bonchev–Trinajstić information content (AvgIpc) is 2.63. The Bertz CT molecular complexity index is 794. The van der Waals surface area contributed by atoms with Gasteiger partial charge < -0.3 is 15.5 Å². The van der Waals surface area contributed by atoms with E-state index < -0.39 is 0 Å². The van der Waals surface area contributed by atoms with E-state index in [1.54, 1.807) is 12.3 Å². The number of pyridine rings is 1. The first-order chi connectivity index (χ1) is 12.0. The molecule has 0 bridgehead atoms. The Morgan fingerprint density at radius 3 is 2.72 bits per heavy atom. The lowest BCUT2D eigenvalue weighted by molar-refractivity contribution is 0.0569. The van der Waals surface area contributed by atoms with E-state index in [-0.39, 0.29) is 23.1 Å². The molecule has 3 rings (SSSR count). The van der Waals surface area contributed by atoms with E-state index in [0.29, 0.717) is 16.2 Å². The number of ether oxygens (including phenoxy) is 1. The summed E-state index contributed by atoms with van der Waals surface area (Å²) in [5.74, 6) is 0.661. The van der Waals surface area contributed by atoms with Crippen LogP contribution in [-0.4, -0.2) is 17.1 Å². The van der Waals surface area contributed by atoms with Crippen LogP contribution in [0, 0.1) is 5.41 Å². The SMILES string of the molecule is CC[C@@H](N)[C@]1(CC)CC[C@@H](Oc2cc3cc[nH]c(=O)c3cc2Cl)CC1. The highest BCUT2D eigenvalue weighted by molar-refractivity contribution is 6.32. The molecule has 3 N–H and O–H groups in total. The van der Waals surface area contributed by atoms with Gasteiger partial charge in [0.2, 0.25) is 0 Å². The van der Waals surface area contributed by atoms with E-state index in [1.165, 1.54) is 0 Å². The van der Waals surface area contributed by atoms with Crippen LogP contribution in [0.3, 0.4) is 0 Å². The van der Waals surface area contributed by atoms with Crippen molar-refractivity contribution < 1.29 is 4.74 Å². The minimum absolute atomic E-state index is 0.134. The molecule has 2 aromatic rings.